The molecular weight excluding hydrogens is 357 g/mol. The molecule has 3 aromatic rings. The van der Waals surface area contributed by atoms with Crippen LogP contribution in [0.25, 0.3) is 21.5 Å². The van der Waals surface area contributed by atoms with E-state index < -0.39 is 28.0 Å². The summed E-state index contributed by atoms with van der Waals surface area (Å²) in [5.41, 5.74) is -5.49. The van der Waals surface area contributed by atoms with Gasteiger partial charge in [0.15, 0.2) is 5.78 Å². The topological polar surface area (TPSA) is 60.4 Å². The zero-order valence-corrected chi connectivity index (χ0v) is 13.4. The Morgan fingerprint density at radius 3 is 2.28 bits per heavy atom. The minimum atomic E-state index is -5.79. The minimum absolute atomic E-state index is 0.0696. The second kappa shape index (κ2) is 6.12. The van der Waals surface area contributed by atoms with Gasteiger partial charge in [-0.25, -0.2) is 0 Å². The van der Waals surface area contributed by atoms with Crippen LogP contribution in [0.3, 0.4) is 0 Å². The largest absolute Gasteiger partial charge is 0.523 e. The lowest BCUT2D eigenvalue weighted by Gasteiger charge is -2.09. The van der Waals surface area contributed by atoms with Crippen molar-refractivity contribution in [3.8, 4) is 0 Å². The van der Waals surface area contributed by atoms with Crippen molar-refractivity contribution < 1.29 is 30.6 Å². The number of fused-ring (bicyclic) bond motifs is 3. The van der Waals surface area contributed by atoms with Crippen molar-refractivity contribution in [2.24, 2.45) is 0 Å². The number of carbonyl (C=O) groups excluding carboxylic acids is 1. The Morgan fingerprint density at radius 2 is 1.56 bits per heavy atom. The quantitative estimate of drug-likeness (QED) is 0.302. The normalized spacial score (nSPS) is 12.6. The monoisotopic (exact) mass is 368 g/mol. The van der Waals surface area contributed by atoms with Crippen LogP contribution in [0.15, 0.2) is 54.6 Å². The van der Waals surface area contributed by atoms with Gasteiger partial charge < -0.3 is 0 Å². The van der Waals surface area contributed by atoms with Crippen LogP contribution in [-0.4, -0.2) is 26.3 Å². The molecule has 130 valence electrons. The highest BCUT2D eigenvalue weighted by Crippen LogP contribution is 2.27. The van der Waals surface area contributed by atoms with Crippen molar-refractivity contribution in [3.05, 3.63) is 60.2 Å². The Kier molecular flexibility index (Phi) is 4.26. The summed E-state index contributed by atoms with van der Waals surface area (Å²) in [6, 6.07) is 15.8. The molecule has 0 aliphatic heterocycles. The molecule has 0 bridgehead atoms. The van der Waals surface area contributed by atoms with Gasteiger partial charge in [0.05, 0.1) is 0 Å². The molecule has 0 aromatic heterocycles. The average molecular weight is 368 g/mol. The van der Waals surface area contributed by atoms with Crippen molar-refractivity contribution in [1.82, 2.24) is 0 Å². The van der Waals surface area contributed by atoms with Gasteiger partial charge in [0.2, 0.25) is 0 Å². The number of hydrogen-bond donors (Lipinski definition) is 0. The number of benzene rings is 3. The molecule has 0 spiro atoms. The molecule has 0 heterocycles. The maximum Gasteiger partial charge on any atom is 0.523 e. The van der Waals surface area contributed by atoms with Gasteiger partial charge in [-0.2, -0.15) is 21.6 Å². The number of alkyl halides is 3. The fraction of sp³-hybridized carbons (Fsp3) is 0.118. The molecule has 3 rings (SSSR count). The molecule has 0 saturated carbocycles. The van der Waals surface area contributed by atoms with Gasteiger partial charge in [-0.3, -0.25) is 8.98 Å². The van der Waals surface area contributed by atoms with Crippen LogP contribution >= 0.6 is 0 Å². The summed E-state index contributed by atoms with van der Waals surface area (Å²) in [6.07, 6.45) is 0. The fourth-order valence-electron chi connectivity index (χ4n) is 2.47. The summed E-state index contributed by atoms with van der Waals surface area (Å²) in [4.78, 5) is 12.0. The Morgan fingerprint density at radius 1 is 0.920 bits per heavy atom. The second-order valence-electron chi connectivity index (χ2n) is 5.31. The molecule has 8 heteroatoms. The molecule has 0 radical (unpaired) electrons. The summed E-state index contributed by atoms with van der Waals surface area (Å²) < 4.78 is 62.1. The highest BCUT2D eigenvalue weighted by Gasteiger charge is 2.47. The second-order valence-corrected chi connectivity index (χ2v) is 6.91. The zero-order chi connectivity index (χ0) is 18.2. The summed E-state index contributed by atoms with van der Waals surface area (Å²) in [7, 11) is -5.79. The van der Waals surface area contributed by atoms with Gasteiger partial charge in [0.1, 0.15) is 6.61 Å². The Hall–Kier alpha value is -2.45. The van der Waals surface area contributed by atoms with E-state index in [1.165, 1.54) is 12.1 Å². The van der Waals surface area contributed by atoms with Crippen LogP contribution in [0.4, 0.5) is 13.2 Å². The lowest BCUT2D eigenvalue weighted by molar-refractivity contribution is -0.0536. The maximum atomic E-state index is 12.2. The minimum Gasteiger partial charge on any atom is -0.291 e. The van der Waals surface area contributed by atoms with E-state index in [1.54, 1.807) is 12.1 Å². The zero-order valence-electron chi connectivity index (χ0n) is 12.6. The lowest BCUT2D eigenvalue weighted by Crippen LogP contribution is -2.27. The van der Waals surface area contributed by atoms with Crippen LogP contribution in [0.1, 0.15) is 10.4 Å². The number of Topliss-reactive ketones (excluding diaryl/α,β-unsaturated/α-hetero) is 1. The molecule has 0 atom stereocenters. The molecule has 0 N–H and O–H groups in total. The van der Waals surface area contributed by atoms with Crippen molar-refractivity contribution in [3.63, 3.8) is 0 Å². The number of halogens is 3. The van der Waals surface area contributed by atoms with Gasteiger partial charge in [0, 0.05) is 5.56 Å². The fourth-order valence-corrected chi connectivity index (χ4v) is 2.86. The third-order valence-electron chi connectivity index (χ3n) is 3.70. The van der Waals surface area contributed by atoms with E-state index in [4.69, 9.17) is 0 Å². The van der Waals surface area contributed by atoms with Crippen molar-refractivity contribution in [1.29, 1.82) is 0 Å². The molecular formula is C17H11F3O4S. The van der Waals surface area contributed by atoms with Gasteiger partial charge in [0.25, 0.3) is 0 Å². The van der Waals surface area contributed by atoms with Gasteiger partial charge >= 0.3 is 15.6 Å². The van der Waals surface area contributed by atoms with Crippen molar-refractivity contribution in [2.45, 2.75) is 5.51 Å². The van der Waals surface area contributed by atoms with Crippen LogP contribution < -0.4 is 0 Å². The number of carbonyl (C=O) groups is 1. The van der Waals surface area contributed by atoms with E-state index in [1.807, 2.05) is 30.3 Å². The van der Waals surface area contributed by atoms with Gasteiger partial charge in [-0.05, 0) is 27.6 Å². The Balaban J connectivity index is 1.89. The summed E-state index contributed by atoms with van der Waals surface area (Å²) in [6.45, 7) is -1.21. The first-order chi connectivity index (χ1) is 11.7. The first-order valence-corrected chi connectivity index (χ1v) is 8.50. The standard InChI is InChI=1S/C17H11F3O4S/c18-17(19,20)25(22,23)24-10-16(21)13-7-8-15-12(9-13)6-5-11-3-1-2-4-14(11)15/h1-9H,10H2. The van der Waals surface area contributed by atoms with E-state index >= 15 is 0 Å². The lowest BCUT2D eigenvalue weighted by atomic mass is 9.99. The third-order valence-corrected chi connectivity index (χ3v) is 4.69. The summed E-state index contributed by atoms with van der Waals surface area (Å²) in [5.74, 6) is -0.858. The Labute approximate surface area is 140 Å². The summed E-state index contributed by atoms with van der Waals surface area (Å²) in [5, 5.41) is 3.56. The van der Waals surface area contributed by atoms with Gasteiger partial charge in [-0.15, -0.1) is 0 Å². The summed E-state index contributed by atoms with van der Waals surface area (Å²) >= 11 is 0. The highest BCUT2D eigenvalue weighted by molar-refractivity contribution is 7.87. The van der Waals surface area contributed by atoms with Crippen LogP contribution in [0.5, 0.6) is 0 Å². The number of ketones is 1. The van der Waals surface area contributed by atoms with E-state index in [0.717, 1.165) is 16.2 Å². The highest BCUT2D eigenvalue weighted by atomic mass is 32.2. The van der Waals surface area contributed by atoms with E-state index in [-0.39, 0.29) is 5.56 Å². The molecule has 0 saturated heterocycles. The molecule has 0 unspecified atom stereocenters. The molecule has 0 fully saturated rings. The van der Waals surface area contributed by atoms with Gasteiger partial charge in [-0.1, -0.05) is 48.5 Å². The van der Waals surface area contributed by atoms with Crippen molar-refractivity contribution >= 4 is 37.4 Å². The number of hydrogen-bond acceptors (Lipinski definition) is 4. The molecule has 0 amide bonds. The smallest absolute Gasteiger partial charge is 0.291 e. The average Bonchev–Trinajstić information content (AvgIpc) is 2.58. The predicted octanol–water partition coefficient (Wildman–Crippen LogP) is 4.04. The van der Waals surface area contributed by atoms with E-state index in [0.29, 0.717) is 5.39 Å². The first kappa shape index (κ1) is 17.4. The molecule has 3 aromatic carbocycles. The number of rotatable bonds is 4. The maximum absolute atomic E-state index is 12.2. The SMILES string of the molecule is O=C(COS(=O)(=O)C(F)(F)F)c1ccc2c(ccc3ccccc32)c1. The predicted molar refractivity (Wildman–Crippen MR) is 86.7 cm³/mol. The van der Waals surface area contributed by atoms with Crippen LogP contribution in [0.2, 0.25) is 0 Å². The third kappa shape index (κ3) is 3.35. The molecule has 0 aliphatic rings. The van der Waals surface area contributed by atoms with Crippen LogP contribution in [-0.2, 0) is 14.3 Å². The Bertz CT molecular complexity index is 1070. The molecule has 4 nitrogen and oxygen atoms in total. The van der Waals surface area contributed by atoms with E-state index in [9.17, 15) is 26.4 Å². The first-order valence-electron chi connectivity index (χ1n) is 7.09. The molecule has 25 heavy (non-hydrogen) atoms. The van der Waals surface area contributed by atoms with Crippen LogP contribution in [0, 0.1) is 0 Å². The molecule has 0 aliphatic carbocycles. The van der Waals surface area contributed by atoms with Crippen molar-refractivity contribution in [2.75, 3.05) is 6.61 Å². The van der Waals surface area contributed by atoms with E-state index in [2.05, 4.69) is 4.18 Å².